The van der Waals surface area contributed by atoms with Gasteiger partial charge in [-0.2, -0.15) is 0 Å². The van der Waals surface area contributed by atoms with Crippen molar-refractivity contribution in [2.75, 3.05) is 36.5 Å². The number of hydrogen-bond acceptors (Lipinski definition) is 9. The molecule has 17 nitrogen and oxygen atoms in total. The Hall–Kier alpha value is -5.49. The third-order valence-corrected chi connectivity index (χ3v) is 10.5. The van der Waals surface area contributed by atoms with E-state index in [0.717, 1.165) is 5.56 Å². The van der Waals surface area contributed by atoms with Gasteiger partial charge in [0, 0.05) is 36.6 Å². The summed E-state index contributed by atoms with van der Waals surface area (Å²) in [7, 11) is -3.30. The molecule has 2 aliphatic heterocycles. The summed E-state index contributed by atoms with van der Waals surface area (Å²) in [5.41, 5.74) is 1.04. The number of hydrogen-bond donors (Lipinski definition) is 5. The van der Waals surface area contributed by atoms with Crippen LogP contribution in [0.1, 0.15) is 83.0 Å². The minimum absolute atomic E-state index is 0.0899. The Balaban J connectivity index is 1.37. The maximum Gasteiger partial charge on any atom is 0.437 e. The van der Waals surface area contributed by atoms with Crippen LogP contribution in [0, 0.1) is 11.8 Å². The van der Waals surface area contributed by atoms with Gasteiger partial charge in [-0.15, -0.1) is 4.99 Å². The first-order valence-corrected chi connectivity index (χ1v) is 20.1. The summed E-state index contributed by atoms with van der Waals surface area (Å²) in [5.74, 6) is 0.398. The lowest BCUT2D eigenvalue weighted by atomic mass is 9.83. The van der Waals surface area contributed by atoms with Gasteiger partial charge in [-0.25, -0.2) is 32.1 Å². The van der Waals surface area contributed by atoms with Crippen LogP contribution in [0.25, 0.3) is 11.3 Å². The highest BCUT2D eigenvalue weighted by molar-refractivity contribution is 7.88. The van der Waals surface area contributed by atoms with Gasteiger partial charge in [-0.1, -0.05) is 12.1 Å². The number of carboxylic acid groups (broad SMARTS) is 1. The fraction of sp³-hybridized carbons (Fsp3) is 0.474. The first kappa shape index (κ1) is 41.7. The number of aromatic amines is 1. The molecule has 18 heteroatoms. The van der Waals surface area contributed by atoms with Crippen LogP contribution < -0.4 is 16.0 Å². The van der Waals surface area contributed by atoms with E-state index < -0.39 is 45.5 Å². The number of carbonyl (C=O) groups excluding carboxylic acids is 3. The average molecular weight is 795 g/mol. The number of piperidine rings is 1. The molecule has 5 N–H and O–H groups in total. The fourth-order valence-electron chi connectivity index (χ4n) is 6.74. The van der Waals surface area contributed by atoms with E-state index in [1.807, 2.05) is 0 Å². The molecule has 0 aliphatic carbocycles. The highest BCUT2D eigenvalue weighted by atomic mass is 32.2. The molecule has 2 aliphatic rings. The lowest BCUT2D eigenvalue weighted by molar-refractivity contribution is 0.0561. The number of rotatable bonds is 7. The summed E-state index contributed by atoms with van der Waals surface area (Å²) >= 11 is 0. The Morgan fingerprint density at radius 1 is 0.875 bits per heavy atom. The number of amides is 4. The zero-order chi connectivity index (χ0) is 41.0. The number of ether oxygens (including phenoxy) is 2. The number of nitrogens with one attached hydrogen (secondary N) is 4. The third kappa shape index (κ3) is 11.5. The number of sulfonamides is 1. The Morgan fingerprint density at radius 3 is 2.04 bits per heavy atom. The van der Waals surface area contributed by atoms with Crippen LogP contribution in [0.2, 0.25) is 0 Å². The molecule has 0 bridgehead atoms. The molecule has 3 heterocycles. The summed E-state index contributed by atoms with van der Waals surface area (Å²) in [5, 5.41) is 16.7. The van der Waals surface area contributed by atoms with Gasteiger partial charge in [0.1, 0.15) is 17.0 Å². The lowest BCUT2D eigenvalue weighted by Crippen LogP contribution is -2.40. The van der Waals surface area contributed by atoms with Crippen molar-refractivity contribution in [1.29, 1.82) is 0 Å². The van der Waals surface area contributed by atoms with Crippen molar-refractivity contribution in [1.82, 2.24) is 24.5 Å². The standard InChI is InChI=1S/C38H50N8O9S/c1-37(2,3)54-35(50)43-33(44-36(51)55-38(4,5)6)40-27-14-10-25(11-15-27)32(47)46-22-26(23-16-18-45(19-17-23)56(7,52)53)20-30(46)31-39-21-29(42-31)24-8-12-28(13-9-24)41-34(48)49/h8-15,21,23,26,30,41H,16-20,22H2,1-7H3,(H,39,42)(H,48,49)(H2,40,43,44,50,51)/t26-,30-/m1/s1. The van der Waals surface area contributed by atoms with Crippen LogP contribution in [0.4, 0.5) is 25.8 Å². The molecule has 5 rings (SSSR count). The number of H-pyrrole nitrogens is 1. The van der Waals surface area contributed by atoms with E-state index in [1.54, 1.807) is 101 Å². The van der Waals surface area contributed by atoms with Crippen molar-refractivity contribution in [3.8, 4) is 11.3 Å². The second-order valence-electron chi connectivity index (χ2n) is 15.9. The van der Waals surface area contributed by atoms with Gasteiger partial charge >= 0.3 is 18.3 Å². The largest absolute Gasteiger partial charge is 0.465 e. The Labute approximate surface area is 326 Å². The van der Waals surface area contributed by atoms with Crippen molar-refractivity contribution >= 4 is 51.5 Å². The molecular weight excluding hydrogens is 745 g/mol. The van der Waals surface area contributed by atoms with Crippen LogP contribution >= 0.6 is 0 Å². The summed E-state index contributed by atoms with van der Waals surface area (Å²) in [4.78, 5) is 64.2. The van der Waals surface area contributed by atoms with Crippen molar-refractivity contribution in [2.45, 2.75) is 78.0 Å². The summed E-state index contributed by atoms with van der Waals surface area (Å²) < 4.78 is 36.5. The Morgan fingerprint density at radius 2 is 1.46 bits per heavy atom. The van der Waals surface area contributed by atoms with Gasteiger partial charge in [-0.3, -0.25) is 15.4 Å². The van der Waals surface area contributed by atoms with E-state index in [4.69, 9.17) is 14.6 Å². The molecule has 302 valence electrons. The van der Waals surface area contributed by atoms with Crippen LogP contribution in [0.5, 0.6) is 0 Å². The molecule has 4 amide bonds. The van der Waals surface area contributed by atoms with Gasteiger partial charge in [0.25, 0.3) is 5.91 Å². The molecule has 0 saturated carbocycles. The quantitative estimate of drug-likeness (QED) is 0.132. The number of alkyl carbamates (subject to hydrolysis) is 1. The van der Waals surface area contributed by atoms with E-state index >= 15 is 0 Å². The normalized spacial score (nSPS) is 18.6. The van der Waals surface area contributed by atoms with E-state index in [2.05, 4.69) is 30.9 Å². The fourth-order valence-corrected chi connectivity index (χ4v) is 7.62. The molecule has 3 aromatic rings. The molecule has 56 heavy (non-hydrogen) atoms. The van der Waals surface area contributed by atoms with Crippen LogP contribution in [0.3, 0.4) is 0 Å². The monoisotopic (exact) mass is 794 g/mol. The van der Waals surface area contributed by atoms with Gasteiger partial charge < -0.3 is 29.8 Å². The average Bonchev–Trinajstić information content (AvgIpc) is 3.75. The summed E-state index contributed by atoms with van der Waals surface area (Å²) in [6.45, 7) is 11.4. The van der Waals surface area contributed by atoms with E-state index in [9.17, 15) is 27.6 Å². The number of anilines is 2. The van der Waals surface area contributed by atoms with E-state index in [1.165, 1.54) is 10.6 Å². The number of aromatic nitrogens is 2. The van der Waals surface area contributed by atoms with Crippen LogP contribution in [0.15, 0.2) is 59.7 Å². The molecular formula is C38H50N8O9S. The lowest BCUT2D eigenvalue weighted by Gasteiger charge is -2.33. The molecule has 2 atom stereocenters. The molecule has 0 radical (unpaired) electrons. The Kier molecular flexibility index (Phi) is 12.4. The molecule has 2 aromatic carbocycles. The van der Waals surface area contributed by atoms with Crippen LogP contribution in [-0.2, 0) is 19.5 Å². The second-order valence-corrected chi connectivity index (χ2v) is 17.9. The third-order valence-electron chi connectivity index (χ3n) is 9.20. The molecule has 0 unspecified atom stereocenters. The second kappa shape index (κ2) is 16.7. The number of carbonyl (C=O) groups is 4. The topological polar surface area (TPSA) is 225 Å². The summed E-state index contributed by atoms with van der Waals surface area (Å²) in [6, 6.07) is 12.9. The van der Waals surface area contributed by atoms with Gasteiger partial charge in [-0.05, 0) is 115 Å². The summed E-state index contributed by atoms with van der Waals surface area (Å²) in [6.07, 6.45) is 1.92. The number of nitrogens with zero attached hydrogens (tertiary/aromatic N) is 4. The van der Waals surface area contributed by atoms with Crippen molar-refractivity contribution in [3.63, 3.8) is 0 Å². The first-order chi connectivity index (χ1) is 26.1. The molecule has 1 aromatic heterocycles. The predicted octanol–water partition coefficient (Wildman–Crippen LogP) is 6.27. The molecule has 0 spiro atoms. The maximum atomic E-state index is 14.3. The highest BCUT2D eigenvalue weighted by Gasteiger charge is 2.42. The van der Waals surface area contributed by atoms with Gasteiger partial charge in [0.05, 0.1) is 24.2 Å². The van der Waals surface area contributed by atoms with Crippen molar-refractivity contribution in [2.24, 2.45) is 16.8 Å². The van der Waals surface area contributed by atoms with E-state index in [0.29, 0.717) is 67.4 Å². The zero-order valence-corrected chi connectivity index (χ0v) is 33.4. The van der Waals surface area contributed by atoms with Crippen molar-refractivity contribution < 1.29 is 42.2 Å². The maximum absolute atomic E-state index is 14.3. The minimum Gasteiger partial charge on any atom is -0.465 e. The number of benzene rings is 2. The van der Waals surface area contributed by atoms with Crippen LogP contribution in [-0.4, -0.2) is 99.9 Å². The molecule has 2 saturated heterocycles. The highest BCUT2D eigenvalue weighted by Crippen LogP contribution is 2.42. The first-order valence-electron chi connectivity index (χ1n) is 18.2. The number of aliphatic imine (C=N–C) groups is 1. The number of guanidine groups is 1. The minimum atomic E-state index is -3.30. The SMILES string of the molecule is CC(C)(C)OC(=O)N=C(NC(=O)OC(C)(C)C)Nc1ccc(C(=O)N2C[C@H](C3CCN(S(C)(=O)=O)CC3)C[C@@H]2c2ncc(-c3ccc(NC(=O)O)cc3)[nH]2)cc1. The number of imidazole rings is 1. The smallest absolute Gasteiger partial charge is 0.437 e. The van der Waals surface area contributed by atoms with Gasteiger partial charge in [0.2, 0.25) is 16.0 Å². The predicted molar refractivity (Wildman–Crippen MR) is 210 cm³/mol. The zero-order valence-electron chi connectivity index (χ0n) is 32.6. The van der Waals surface area contributed by atoms with E-state index in [-0.39, 0.29) is 23.7 Å². The van der Waals surface area contributed by atoms with Gasteiger partial charge in [0.15, 0.2) is 0 Å². The van der Waals surface area contributed by atoms with Crippen molar-refractivity contribution in [3.05, 3.63) is 66.1 Å². The molecule has 2 fully saturated rings. The number of likely N-dealkylation sites (tertiary alicyclic amines) is 1. The Bertz CT molecular complexity index is 2040.